The molecule has 2 heterocycles. The first kappa shape index (κ1) is 15.1. The number of rotatable bonds is 5. The number of hydrogen-bond donors (Lipinski definition) is 1. The maximum Gasteiger partial charge on any atom is 0.248 e. The summed E-state index contributed by atoms with van der Waals surface area (Å²) in [4.78, 5) is 15.0. The molecule has 3 rings (SSSR count). The zero-order chi connectivity index (χ0) is 15.4. The van der Waals surface area contributed by atoms with Gasteiger partial charge in [-0.05, 0) is 37.9 Å². The van der Waals surface area contributed by atoms with E-state index in [0.29, 0.717) is 5.13 Å². The van der Waals surface area contributed by atoms with E-state index in [-0.39, 0.29) is 11.9 Å². The highest BCUT2D eigenvalue weighted by Gasteiger charge is 2.30. The summed E-state index contributed by atoms with van der Waals surface area (Å²) in [5, 5.41) is 12.6. The molecule has 1 atom stereocenters. The van der Waals surface area contributed by atoms with Gasteiger partial charge in [0.25, 0.3) is 0 Å². The molecule has 6 heteroatoms. The normalized spacial score (nSPS) is 16.6. The number of likely N-dealkylation sites (tertiary alicyclic amines) is 1. The molecular formula is C16H20N4OS. The van der Waals surface area contributed by atoms with Gasteiger partial charge in [-0.3, -0.25) is 15.0 Å². The minimum absolute atomic E-state index is 0.0214. The smallest absolute Gasteiger partial charge is 0.248 e. The van der Waals surface area contributed by atoms with Crippen LogP contribution in [0.15, 0.2) is 30.3 Å². The van der Waals surface area contributed by atoms with Gasteiger partial charge in [0.15, 0.2) is 0 Å². The Morgan fingerprint density at radius 1 is 1.27 bits per heavy atom. The second-order valence-corrected chi connectivity index (χ2v) is 6.46. The van der Waals surface area contributed by atoms with Crippen LogP contribution in [-0.2, 0) is 11.2 Å². The van der Waals surface area contributed by atoms with Gasteiger partial charge < -0.3 is 0 Å². The molecule has 116 valence electrons. The summed E-state index contributed by atoms with van der Waals surface area (Å²) >= 11 is 1.44. The number of nitrogens with zero attached hydrogens (tertiary/aromatic N) is 3. The Morgan fingerprint density at radius 2 is 2.00 bits per heavy atom. The molecule has 1 aromatic carbocycles. The average molecular weight is 316 g/mol. The number of aryl methyl sites for hydroxylation is 1. The fourth-order valence-corrected chi connectivity index (χ4v) is 3.47. The summed E-state index contributed by atoms with van der Waals surface area (Å²) < 4.78 is 0. The molecule has 0 bridgehead atoms. The highest BCUT2D eigenvalue weighted by atomic mass is 32.1. The lowest BCUT2D eigenvalue weighted by molar-refractivity contribution is -0.121. The molecule has 0 aliphatic carbocycles. The van der Waals surface area contributed by atoms with Crippen LogP contribution in [0.1, 0.15) is 36.4 Å². The fourth-order valence-electron chi connectivity index (χ4n) is 2.78. The Hall–Kier alpha value is -1.79. The van der Waals surface area contributed by atoms with E-state index in [1.54, 1.807) is 0 Å². The Kier molecular flexibility index (Phi) is 4.80. The molecule has 1 fully saturated rings. The van der Waals surface area contributed by atoms with Crippen LogP contribution in [0.3, 0.4) is 0 Å². The Morgan fingerprint density at radius 3 is 2.64 bits per heavy atom. The molecule has 1 saturated heterocycles. The van der Waals surface area contributed by atoms with Crippen LogP contribution in [-0.4, -0.2) is 34.1 Å². The standard InChI is InChI=1S/C16H20N4OS/c1-2-13-18-19-16(22-13)17-15(21)14(20-10-6-7-11-20)12-8-4-3-5-9-12/h3-5,8-9,14H,2,6-7,10-11H2,1H3,(H,17,19,21). The molecule has 22 heavy (non-hydrogen) atoms. The number of carbonyl (C=O) groups is 1. The van der Waals surface area contributed by atoms with Gasteiger partial charge in [-0.2, -0.15) is 0 Å². The van der Waals surface area contributed by atoms with Gasteiger partial charge in [-0.25, -0.2) is 0 Å². The molecular weight excluding hydrogens is 296 g/mol. The summed E-state index contributed by atoms with van der Waals surface area (Å²) in [6.45, 7) is 3.95. The van der Waals surface area contributed by atoms with E-state index in [1.165, 1.54) is 11.3 Å². The van der Waals surface area contributed by atoms with Gasteiger partial charge in [0.2, 0.25) is 11.0 Å². The van der Waals surface area contributed by atoms with Crippen LogP contribution in [0.4, 0.5) is 5.13 Å². The van der Waals surface area contributed by atoms with Gasteiger partial charge in [0.05, 0.1) is 0 Å². The topological polar surface area (TPSA) is 58.1 Å². The van der Waals surface area contributed by atoms with E-state index >= 15 is 0 Å². The minimum atomic E-state index is -0.252. The minimum Gasteiger partial charge on any atom is -0.299 e. The van der Waals surface area contributed by atoms with Gasteiger partial charge >= 0.3 is 0 Å². The number of benzene rings is 1. The molecule has 1 amide bonds. The van der Waals surface area contributed by atoms with E-state index in [1.807, 2.05) is 37.3 Å². The largest absolute Gasteiger partial charge is 0.299 e. The molecule has 1 aliphatic rings. The lowest BCUT2D eigenvalue weighted by atomic mass is 10.1. The monoisotopic (exact) mass is 316 g/mol. The number of carbonyl (C=O) groups excluding carboxylic acids is 1. The predicted octanol–water partition coefficient (Wildman–Crippen LogP) is 2.88. The number of nitrogens with one attached hydrogen (secondary N) is 1. The third-order valence-electron chi connectivity index (χ3n) is 3.87. The van der Waals surface area contributed by atoms with Crippen molar-refractivity contribution in [3.63, 3.8) is 0 Å². The molecule has 0 radical (unpaired) electrons. The van der Waals surface area contributed by atoms with E-state index in [0.717, 1.165) is 42.9 Å². The first-order valence-corrected chi connectivity index (χ1v) is 8.52. The predicted molar refractivity (Wildman–Crippen MR) is 87.9 cm³/mol. The SMILES string of the molecule is CCc1nnc(NC(=O)C(c2ccccc2)N2CCCC2)s1. The third kappa shape index (κ3) is 3.34. The summed E-state index contributed by atoms with van der Waals surface area (Å²) in [5.41, 5.74) is 1.03. The molecule has 1 unspecified atom stereocenters. The Labute approximate surface area is 134 Å². The van der Waals surface area contributed by atoms with E-state index in [2.05, 4.69) is 20.4 Å². The number of hydrogen-bond acceptors (Lipinski definition) is 5. The number of aromatic nitrogens is 2. The number of amides is 1. The van der Waals surface area contributed by atoms with Crippen molar-refractivity contribution in [2.75, 3.05) is 18.4 Å². The van der Waals surface area contributed by atoms with E-state index in [9.17, 15) is 4.79 Å². The molecule has 1 aliphatic heterocycles. The molecule has 5 nitrogen and oxygen atoms in total. The first-order valence-electron chi connectivity index (χ1n) is 7.70. The van der Waals surface area contributed by atoms with Gasteiger partial charge in [0, 0.05) is 0 Å². The second kappa shape index (κ2) is 6.98. The van der Waals surface area contributed by atoms with Crippen LogP contribution in [0.5, 0.6) is 0 Å². The van der Waals surface area contributed by atoms with Crippen molar-refractivity contribution < 1.29 is 4.79 Å². The maximum atomic E-state index is 12.8. The highest BCUT2D eigenvalue weighted by Crippen LogP contribution is 2.27. The van der Waals surface area contributed by atoms with Crippen LogP contribution in [0.2, 0.25) is 0 Å². The summed E-state index contributed by atoms with van der Waals surface area (Å²) in [7, 11) is 0. The van der Waals surface area contributed by atoms with Crippen molar-refractivity contribution in [1.29, 1.82) is 0 Å². The van der Waals surface area contributed by atoms with Crippen molar-refractivity contribution in [2.24, 2.45) is 0 Å². The van der Waals surface area contributed by atoms with Gasteiger partial charge in [-0.15, -0.1) is 10.2 Å². The lowest BCUT2D eigenvalue weighted by Gasteiger charge is -2.26. The summed E-state index contributed by atoms with van der Waals surface area (Å²) in [6.07, 6.45) is 3.13. The van der Waals surface area contributed by atoms with E-state index < -0.39 is 0 Å². The summed E-state index contributed by atoms with van der Waals surface area (Å²) in [6, 6.07) is 9.70. The first-order chi connectivity index (χ1) is 10.8. The van der Waals surface area contributed by atoms with Crippen molar-refractivity contribution in [2.45, 2.75) is 32.2 Å². The quantitative estimate of drug-likeness (QED) is 0.921. The van der Waals surface area contributed by atoms with Crippen LogP contribution < -0.4 is 5.32 Å². The van der Waals surface area contributed by atoms with Crippen LogP contribution in [0, 0.1) is 0 Å². The second-order valence-electron chi connectivity index (χ2n) is 5.40. The van der Waals surface area contributed by atoms with Crippen molar-refractivity contribution in [3.8, 4) is 0 Å². The molecule has 1 aromatic heterocycles. The van der Waals surface area contributed by atoms with Crippen LogP contribution >= 0.6 is 11.3 Å². The van der Waals surface area contributed by atoms with Crippen molar-refractivity contribution in [3.05, 3.63) is 40.9 Å². The molecule has 0 spiro atoms. The van der Waals surface area contributed by atoms with Gasteiger partial charge in [0.1, 0.15) is 11.0 Å². The van der Waals surface area contributed by atoms with Gasteiger partial charge in [-0.1, -0.05) is 48.6 Å². The van der Waals surface area contributed by atoms with E-state index in [4.69, 9.17) is 0 Å². The fraction of sp³-hybridized carbons (Fsp3) is 0.438. The van der Waals surface area contributed by atoms with Crippen molar-refractivity contribution >= 4 is 22.4 Å². The van der Waals surface area contributed by atoms with Crippen molar-refractivity contribution in [1.82, 2.24) is 15.1 Å². The molecule has 1 N–H and O–H groups in total. The lowest BCUT2D eigenvalue weighted by Crippen LogP contribution is -2.35. The zero-order valence-electron chi connectivity index (χ0n) is 12.7. The molecule has 2 aromatic rings. The molecule has 0 saturated carbocycles. The van der Waals surface area contributed by atoms with Crippen LogP contribution in [0.25, 0.3) is 0 Å². The zero-order valence-corrected chi connectivity index (χ0v) is 13.5. The highest BCUT2D eigenvalue weighted by molar-refractivity contribution is 7.15. The Balaban J connectivity index is 1.80. The maximum absolute atomic E-state index is 12.8. The summed E-state index contributed by atoms with van der Waals surface area (Å²) in [5.74, 6) is -0.0214. The third-order valence-corrected chi connectivity index (χ3v) is 4.85. The Bertz CT molecular complexity index is 622. The average Bonchev–Trinajstić information content (AvgIpc) is 3.20. The number of anilines is 1.